The van der Waals surface area contributed by atoms with Crippen molar-refractivity contribution in [2.75, 3.05) is 0 Å². The molecule has 2 nitrogen and oxygen atoms in total. The molecule has 2 aromatic rings. The van der Waals surface area contributed by atoms with Crippen molar-refractivity contribution < 1.29 is 0 Å². The first-order valence-corrected chi connectivity index (χ1v) is 7.78. The summed E-state index contributed by atoms with van der Waals surface area (Å²) in [5, 5.41) is 1.14. The molecule has 0 aromatic heterocycles. The fourth-order valence-electron chi connectivity index (χ4n) is 2.07. The number of hydrazine groups is 1. The topological polar surface area (TPSA) is 38.0 Å². The minimum atomic E-state index is 0.131. The monoisotopic (exact) mass is 372 g/mol. The number of halogens is 3. The first-order valence-electron chi connectivity index (χ1n) is 6.23. The summed E-state index contributed by atoms with van der Waals surface area (Å²) < 4.78 is 1.09. The number of nitrogens with two attached hydrogens (primary N) is 1. The van der Waals surface area contributed by atoms with Gasteiger partial charge in [-0.15, -0.1) is 0 Å². The third kappa shape index (κ3) is 4.21. The van der Waals surface area contributed by atoms with E-state index < -0.39 is 0 Å². The third-order valence-corrected chi connectivity index (χ3v) is 4.64. The van der Waals surface area contributed by atoms with Crippen molar-refractivity contribution in [3.8, 4) is 0 Å². The average Bonchev–Trinajstić information content (AvgIpc) is 2.44. The molecular formula is C15H15BrCl2N2. The highest BCUT2D eigenvalue weighted by Crippen LogP contribution is 2.24. The second-order valence-corrected chi connectivity index (χ2v) is 6.28. The van der Waals surface area contributed by atoms with Gasteiger partial charge in [-0.1, -0.05) is 63.4 Å². The average molecular weight is 374 g/mol. The zero-order valence-corrected chi connectivity index (χ0v) is 13.8. The molecule has 5 heteroatoms. The van der Waals surface area contributed by atoms with Gasteiger partial charge in [0.05, 0.1) is 10.0 Å². The lowest BCUT2D eigenvalue weighted by molar-refractivity contribution is 0.522. The quantitative estimate of drug-likeness (QED) is 0.603. The minimum absolute atomic E-state index is 0.131. The lowest BCUT2D eigenvalue weighted by Gasteiger charge is -2.17. The van der Waals surface area contributed by atoms with Crippen LogP contribution in [-0.2, 0) is 12.8 Å². The summed E-state index contributed by atoms with van der Waals surface area (Å²) in [5.41, 5.74) is 5.19. The molecule has 2 rings (SSSR count). The molecule has 0 fully saturated rings. The van der Waals surface area contributed by atoms with E-state index in [0.29, 0.717) is 10.0 Å². The molecule has 0 saturated heterocycles. The van der Waals surface area contributed by atoms with Gasteiger partial charge in [-0.05, 0) is 42.2 Å². The molecule has 0 amide bonds. The van der Waals surface area contributed by atoms with E-state index >= 15 is 0 Å². The van der Waals surface area contributed by atoms with Crippen LogP contribution in [0.5, 0.6) is 0 Å². The highest BCUT2D eigenvalue weighted by Gasteiger charge is 2.11. The van der Waals surface area contributed by atoms with Crippen LogP contribution in [-0.4, -0.2) is 6.04 Å². The van der Waals surface area contributed by atoms with Crippen LogP contribution in [0.2, 0.25) is 10.0 Å². The van der Waals surface area contributed by atoms with Gasteiger partial charge in [0, 0.05) is 10.5 Å². The van der Waals surface area contributed by atoms with Crippen molar-refractivity contribution in [1.29, 1.82) is 0 Å². The van der Waals surface area contributed by atoms with Crippen LogP contribution in [0.4, 0.5) is 0 Å². The van der Waals surface area contributed by atoms with Crippen LogP contribution in [0.3, 0.4) is 0 Å². The fraction of sp³-hybridized carbons (Fsp3) is 0.200. The summed E-state index contributed by atoms with van der Waals surface area (Å²) >= 11 is 15.5. The molecule has 20 heavy (non-hydrogen) atoms. The maximum absolute atomic E-state index is 6.03. The van der Waals surface area contributed by atoms with Crippen LogP contribution in [0.25, 0.3) is 0 Å². The SMILES string of the molecule is NNC(Cc1ccc(Cl)c(Cl)c1)Cc1ccccc1Br. The normalized spacial score (nSPS) is 12.4. The number of hydrogen-bond acceptors (Lipinski definition) is 2. The van der Waals surface area contributed by atoms with E-state index in [-0.39, 0.29) is 6.04 Å². The van der Waals surface area contributed by atoms with Gasteiger partial charge in [-0.3, -0.25) is 11.3 Å². The van der Waals surface area contributed by atoms with E-state index in [2.05, 4.69) is 27.4 Å². The van der Waals surface area contributed by atoms with Crippen molar-refractivity contribution >= 4 is 39.1 Å². The minimum Gasteiger partial charge on any atom is -0.271 e. The second kappa shape index (κ2) is 7.43. The first kappa shape index (κ1) is 15.8. The molecular weight excluding hydrogens is 359 g/mol. The van der Waals surface area contributed by atoms with E-state index in [1.807, 2.05) is 36.4 Å². The van der Waals surface area contributed by atoms with Crippen LogP contribution in [0, 0.1) is 0 Å². The summed E-state index contributed by atoms with van der Waals surface area (Å²) in [5.74, 6) is 5.66. The fourth-order valence-corrected chi connectivity index (χ4v) is 2.84. The van der Waals surface area contributed by atoms with E-state index in [0.717, 1.165) is 22.9 Å². The Morgan fingerprint density at radius 1 is 1.05 bits per heavy atom. The van der Waals surface area contributed by atoms with E-state index in [1.165, 1.54) is 5.56 Å². The van der Waals surface area contributed by atoms with Crippen molar-refractivity contribution in [3.63, 3.8) is 0 Å². The number of benzene rings is 2. The molecule has 0 heterocycles. The molecule has 2 aromatic carbocycles. The van der Waals surface area contributed by atoms with E-state index in [4.69, 9.17) is 29.0 Å². The predicted molar refractivity (Wildman–Crippen MR) is 89.1 cm³/mol. The van der Waals surface area contributed by atoms with Crippen LogP contribution >= 0.6 is 39.1 Å². The number of rotatable bonds is 5. The largest absolute Gasteiger partial charge is 0.271 e. The van der Waals surface area contributed by atoms with E-state index in [1.54, 1.807) is 0 Å². The zero-order chi connectivity index (χ0) is 14.5. The van der Waals surface area contributed by atoms with Gasteiger partial charge in [0.2, 0.25) is 0 Å². The molecule has 0 spiro atoms. The van der Waals surface area contributed by atoms with Gasteiger partial charge in [-0.2, -0.15) is 0 Å². The molecule has 106 valence electrons. The predicted octanol–water partition coefficient (Wildman–Crippen LogP) is 4.37. The van der Waals surface area contributed by atoms with Crippen molar-refractivity contribution in [3.05, 3.63) is 68.1 Å². The number of nitrogens with one attached hydrogen (secondary N) is 1. The first-order chi connectivity index (χ1) is 9.60. The highest BCUT2D eigenvalue weighted by atomic mass is 79.9. The maximum Gasteiger partial charge on any atom is 0.0595 e. The van der Waals surface area contributed by atoms with Gasteiger partial charge in [-0.25, -0.2) is 0 Å². The Hall–Kier alpha value is -0.580. The van der Waals surface area contributed by atoms with Crippen LogP contribution in [0.15, 0.2) is 46.9 Å². The molecule has 0 aliphatic carbocycles. The summed E-state index contributed by atoms with van der Waals surface area (Å²) in [7, 11) is 0. The molecule has 3 N–H and O–H groups in total. The summed E-state index contributed by atoms with van der Waals surface area (Å²) in [4.78, 5) is 0. The lowest BCUT2D eigenvalue weighted by atomic mass is 9.99. The summed E-state index contributed by atoms with van der Waals surface area (Å²) in [6, 6.07) is 13.9. The maximum atomic E-state index is 6.03. The van der Waals surface area contributed by atoms with Crippen LogP contribution in [0.1, 0.15) is 11.1 Å². The lowest BCUT2D eigenvalue weighted by Crippen LogP contribution is -2.38. The highest BCUT2D eigenvalue weighted by molar-refractivity contribution is 9.10. The Morgan fingerprint density at radius 2 is 1.80 bits per heavy atom. The van der Waals surface area contributed by atoms with Gasteiger partial charge < -0.3 is 0 Å². The Morgan fingerprint density at radius 3 is 2.45 bits per heavy atom. The van der Waals surface area contributed by atoms with Gasteiger partial charge >= 0.3 is 0 Å². The molecule has 1 unspecified atom stereocenters. The Kier molecular flexibility index (Phi) is 5.87. The Bertz CT molecular complexity index is 590. The van der Waals surface area contributed by atoms with Gasteiger partial charge in [0.15, 0.2) is 0 Å². The van der Waals surface area contributed by atoms with Gasteiger partial charge in [0.1, 0.15) is 0 Å². The summed E-state index contributed by atoms with van der Waals surface area (Å²) in [6.45, 7) is 0. The Balaban J connectivity index is 2.09. The third-order valence-electron chi connectivity index (χ3n) is 3.13. The van der Waals surface area contributed by atoms with Crippen molar-refractivity contribution in [1.82, 2.24) is 5.43 Å². The van der Waals surface area contributed by atoms with E-state index in [9.17, 15) is 0 Å². The summed E-state index contributed by atoms with van der Waals surface area (Å²) in [6.07, 6.45) is 1.62. The zero-order valence-electron chi connectivity index (χ0n) is 10.7. The number of hydrogen-bond donors (Lipinski definition) is 2. The molecule has 0 aliphatic heterocycles. The van der Waals surface area contributed by atoms with Crippen molar-refractivity contribution in [2.45, 2.75) is 18.9 Å². The standard InChI is InChI=1S/C15H15BrCl2N2/c16-13-4-2-1-3-11(13)9-12(20-19)7-10-5-6-14(17)15(18)8-10/h1-6,8,12,20H,7,9,19H2. The molecule has 0 aliphatic rings. The van der Waals surface area contributed by atoms with Crippen LogP contribution < -0.4 is 11.3 Å². The molecule has 0 saturated carbocycles. The van der Waals surface area contributed by atoms with Crippen molar-refractivity contribution in [2.24, 2.45) is 5.84 Å². The Labute approximate surface area is 137 Å². The second-order valence-electron chi connectivity index (χ2n) is 4.61. The molecule has 1 atom stereocenters. The smallest absolute Gasteiger partial charge is 0.0595 e. The van der Waals surface area contributed by atoms with Gasteiger partial charge in [0.25, 0.3) is 0 Å². The molecule has 0 bridgehead atoms. The molecule has 0 radical (unpaired) electrons.